The highest BCUT2D eigenvalue weighted by Gasteiger charge is 2.17. The van der Waals surface area contributed by atoms with Crippen molar-refractivity contribution in [2.24, 2.45) is 0 Å². The number of nitrogens with one attached hydrogen (secondary N) is 1. The quantitative estimate of drug-likeness (QED) is 0.636. The van der Waals surface area contributed by atoms with Crippen LogP contribution in [0.5, 0.6) is 11.5 Å². The van der Waals surface area contributed by atoms with Gasteiger partial charge in [0.1, 0.15) is 0 Å². The molecule has 0 aliphatic carbocycles. The number of carbonyl (C=O) groups excluding carboxylic acids is 2. The van der Waals surface area contributed by atoms with Gasteiger partial charge in [-0.1, -0.05) is 36.8 Å². The Morgan fingerprint density at radius 1 is 1.07 bits per heavy atom. The Hall–Kier alpha value is -3.16. The summed E-state index contributed by atoms with van der Waals surface area (Å²) in [5.41, 5.74) is 2.11. The van der Waals surface area contributed by atoms with Crippen molar-refractivity contribution < 1.29 is 32.6 Å². The molecular formula is C21H23F2NO5. The van der Waals surface area contributed by atoms with E-state index in [-0.39, 0.29) is 23.1 Å². The van der Waals surface area contributed by atoms with Crippen molar-refractivity contribution in [1.29, 1.82) is 0 Å². The minimum absolute atomic E-state index is 0.0434. The number of aryl methyl sites for hydroxylation is 1. The van der Waals surface area contributed by atoms with Crippen molar-refractivity contribution in [2.75, 3.05) is 13.7 Å². The average molecular weight is 407 g/mol. The molecule has 0 heterocycles. The van der Waals surface area contributed by atoms with Crippen molar-refractivity contribution in [3.8, 4) is 11.5 Å². The third-order valence-electron chi connectivity index (χ3n) is 4.17. The van der Waals surface area contributed by atoms with Gasteiger partial charge in [0, 0.05) is 0 Å². The van der Waals surface area contributed by atoms with Crippen LogP contribution in [0.15, 0.2) is 42.5 Å². The molecule has 29 heavy (non-hydrogen) atoms. The number of esters is 1. The zero-order valence-electron chi connectivity index (χ0n) is 16.4. The van der Waals surface area contributed by atoms with Gasteiger partial charge in [0.25, 0.3) is 5.91 Å². The summed E-state index contributed by atoms with van der Waals surface area (Å²) in [5, 5.41) is 2.82. The molecule has 0 saturated heterocycles. The van der Waals surface area contributed by atoms with Gasteiger partial charge < -0.3 is 19.5 Å². The summed E-state index contributed by atoms with van der Waals surface area (Å²) in [6.45, 7) is 0.417. The lowest BCUT2D eigenvalue weighted by molar-refractivity contribution is -0.125. The van der Waals surface area contributed by atoms with Crippen LogP contribution >= 0.6 is 0 Å². The Morgan fingerprint density at radius 2 is 1.76 bits per heavy atom. The Balaban J connectivity index is 1.95. The maximum Gasteiger partial charge on any atom is 0.387 e. The third-order valence-corrected chi connectivity index (χ3v) is 4.17. The number of hydrogen-bond acceptors (Lipinski definition) is 5. The van der Waals surface area contributed by atoms with Gasteiger partial charge in [-0.3, -0.25) is 4.79 Å². The largest absolute Gasteiger partial charge is 0.493 e. The molecule has 156 valence electrons. The fourth-order valence-electron chi connectivity index (χ4n) is 2.66. The van der Waals surface area contributed by atoms with Gasteiger partial charge >= 0.3 is 12.6 Å². The monoisotopic (exact) mass is 407 g/mol. The van der Waals surface area contributed by atoms with E-state index in [1.165, 1.54) is 25.3 Å². The highest BCUT2D eigenvalue weighted by molar-refractivity contribution is 5.92. The summed E-state index contributed by atoms with van der Waals surface area (Å²) in [7, 11) is 1.26. The molecule has 0 fully saturated rings. The number of carbonyl (C=O) groups is 2. The lowest BCUT2D eigenvalue weighted by atomic mass is 10.0. The van der Waals surface area contributed by atoms with Crippen LogP contribution in [0.1, 0.15) is 40.9 Å². The highest BCUT2D eigenvalue weighted by Crippen LogP contribution is 2.29. The molecule has 1 atom stereocenters. The SMILES string of the molecule is CC[C@H](NC(=O)COC(=O)c1ccc(OC(F)F)c(OC)c1)c1ccc(C)cc1. The standard InChI is InChI=1S/C21H23F2NO5/c1-4-16(14-7-5-13(2)6-8-14)24-19(25)12-28-20(26)15-9-10-17(29-21(22)23)18(11-15)27-3/h5-11,16,21H,4,12H2,1-3H3,(H,24,25)/t16-/m0/s1. The van der Waals surface area contributed by atoms with E-state index in [9.17, 15) is 18.4 Å². The van der Waals surface area contributed by atoms with Crippen LogP contribution < -0.4 is 14.8 Å². The second-order valence-electron chi connectivity index (χ2n) is 6.26. The minimum atomic E-state index is -3.02. The minimum Gasteiger partial charge on any atom is -0.493 e. The number of hydrogen-bond donors (Lipinski definition) is 1. The van der Waals surface area contributed by atoms with E-state index in [1.807, 2.05) is 38.1 Å². The summed E-state index contributed by atoms with van der Waals surface area (Å²) >= 11 is 0. The Labute approximate surface area is 167 Å². The lowest BCUT2D eigenvalue weighted by Gasteiger charge is -2.18. The number of benzene rings is 2. The number of ether oxygens (including phenoxy) is 3. The van der Waals surface area contributed by atoms with Crippen LogP contribution in [-0.4, -0.2) is 32.2 Å². The molecule has 0 bridgehead atoms. The molecule has 0 unspecified atom stereocenters. The normalized spacial score (nSPS) is 11.7. The van der Waals surface area contributed by atoms with Crippen molar-refractivity contribution in [1.82, 2.24) is 5.32 Å². The second kappa shape index (κ2) is 10.4. The highest BCUT2D eigenvalue weighted by atomic mass is 19.3. The lowest BCUT2D eigenvalue weighted by Crippen LogP contribution is -2.32. The Morgan fingerprint density at radius 3 is 2.34 bits per heavy atom. The zero-order chi connectivity index (χ0) is 21.4. The topological polar surface area (TPSA) is 73.9 Å². The van der Waals surface area contributed by atoms with E-state index < -0.39 is 25.1 Å². The van der Waals surface area contributed by atoms with Gasteiger partial charge in [-0.25, -0.2) is 4.79 Å². The molecule has 2 aromatic rings. The van der Waals surface area contributed by atoms with Crippen LogP contribution in [0.25, 0.3) is 0 Å². The van der Waals surface area contributed by atoms with Gasteiger partial charge in [-0.2, -0.15) is 8.78 Å². The maximum atomic E-state index is 12.4. The second-order valence-corrected chi connectivity index (χ2v) is 6.26. The van der Waals surface area contributed by atoms with E-state index >= 15 is 0 Å². The predicted octanol–water partition coefficient (Wildman–Crippen LogP) is 4.03. The van der Waals surface area contributed by atoms with E-state index in [2.05, 4.69) is 10.1 Å². The molecule has 0 aliphatic rings. The molecule has 0 radical (unpaired) electrons. The molecule has 0 spiro atoms. The first-order chi connectivity index (χ1) is 13.8. The molecule has 0 aromatic heterocycles. The molecule has 0 saturated carbocycles. The van der Waals surface area contributed by atoms with Crippen molar-refractivity contribution in [3.05, 3.63) is 59.2 Å². The molecule has 2 rings (SSSR count). The zero-order valence-corrected chi connectivity index (χ0v) is 16.4. The van der Waals surface area contributed by atoms with E-state index in [0.29, 0.717) is 6.42 Å². The van der Waals surface area contributed by atoms with Gasteiger partial charge in [-0.05, 0) is 37.1 Å². The van der Waals surface area contributed by atoms with Crippen molar-refractivity contribution in [3.63, 3.8) is 0 Å². The third kappa shape index (κ3) is 6.44. The van der Waals surface area contributed by atoms with Crippen LogP contribution in [0.3, 0.4) is 0 Å². The van der Waals surface area contributed by atoms with Crippen LogP contribution in [-0.2, 0) is 9.53 Å². The summed E-state index contributed by atoms with van der Waals surface area (Å²) in [4.78, 5) is 24.3. The molecule has 2 aromatic carbocycles. The van der Waals surface area contributed by atoms with Crippen LogP contribution in [0.4, 0.5) is 8.78 Å². The predicted molar refractivity (Wildman–Crippen MR) is 102 cm³/mol. The van der Waals surface area contributed by atoms with Crippen LogP contribution in [0.2, 0.25) is 0 Å². The fraction of sp³-hybridized carbons (Fsp3) is 0.333. The molecule has 6 nitrogen and oxygen atoms in total. The smallest absolute Gasteiger partial charge is 0.387 e. The van der Waals surface area contributed by atoms with Gasteiger partial charge in [0.2, 0.25) is 0 Å². The summed E-state index contributed by atoms with van der Waals surface area (Å²) < 4.78 is 39.0. The number of amides is 1. The Bertz CT molecular complexity index is 839. The first-order valence-corrected chi connectivity index (χ1v) is 9.00. The molecule has 0 aliphatic heterocycles. The molecular weight excluding hydrogens is 384 g/mol. The number of alkyl halides is 2. The van der Waals surface area contributed by atoms with Gasteiger partial charge in [-0.15, -0.1) is 0 Å². The maximum absolute atomic E-state index is 12.4. The fourth-order valence-corrected chi connectivity index (χ4v) is 2.66. The van der Waals surface area contributed by atoms with E-state index in [1.54, 1.807) is 0 Å². The summed E-state index contributed by atoms with van der Waals surface area (Å²) in [6, 6.07) is 11.2. The summed E-state index contributed by atoms with van der Waals surface area (Å²) in [6.07, 6.45) is 0.672. The first-order valence-electron chi connectivity index (χ1n) is 9.00. The van der Waals surface area contributed by atoms with E-state index in [4.69, 9.17) is 9.47 Å². The molecule has 8 heteroatoms. The average Bonchev–Trinajstić information content (AvgIpc) is 2.70. The number of halogens is 2. The number of methoxy groups -OCH3 is 1. The molecule has 1 N–H and O–H groups in total. The number of rotatable bonds is 9. The first kappa shape index (κ1) is 22.1. The van der Waals surface area contributed by atoms with Crippen molar-refractivity contribution >= 4 is 11.9 Å². The van der Waals surface area contributed by atoms with Crippen molar-refractivity contribution in [2.45, 2.75) is 32.9 Å². The van der Waals surface area contributed by atoms with Crippen LogP contribution in [0, 0.1) is 6.92 Å². The van der Waals surface area contributed by atoms with E-state index in [0.717, 1.165) is 11.1 Å². The van der Waals surface area contributed by atoms with Gasteiger partial charge in [0.05, 0.1) is 18.7 Å². The summed E-state index contributed by atoms with van der Waals surface area (Å²) in [5.74, 6) is -1.49. The van der Waals surface area contributed by atoms with Gasteiger partial charge in [0.15, 0.2) is 18.1 Å². The Kier molecular flexibility index (Phi) is 7.94. The molecule has 1 amide bonds.